The van der Waals surface area contributed by atoms with Gasteiger partial charge in [0.15, 0.2) is 0 Å². The molecule has 2 aromatic rings. The van der Waals surface area contributed by atoms with Gasteiger partial charge >= 0.3 is 0 Å². The van der Waals surface area contributed by atoms with E-state index in [9.17, 15) is 4.39 Å². The minimum absolute atomic E-state index is 0.272. The molecule has 0 bridgehead atoms. The summed E-state index contributed by atoms with van der Waals surface area (Å²) < 4.78 is 12.8. The standard InChI is InChI=1S/C14H12FN3/c1-18(12-6-3-11(15)4-7-12)13-5-2-10(9-16)14(17)8-13/h2-8H,17H2,1H3. The summed E-state index contributed by atoms with van der Waals surface area (Å²) in [4.78, 5) is 1.87. The van der Waals surface area contributed by atoms with Crippen LogP contribution in [-0.2, 0) is 0 Å². The second-order valence-electron chi connectivity index (χ2n) is 3.92. The Morgan fingerprint density at radius 1 is 1.11 bits per heavy atom. The van der Waals surface area contributed by atoms with Crippen molar-refractivity contribution in [3.8, 4) is 6.07 Å². The third kappa shape index (κ3) is 2.25. The van der Waals surface area contributed by atoms with Crippen LogP contribution in [0.25, 0.3) is 0 Å². The maximum absolute atomic E-state index is 12.8. The molecule has 0 saturated carbocycles. The minimum Gasteiger partial charge on any atom is -0.398 e. The molecule has 0 aromatic heterocycles. The molecule has 0 radical (unpaired) electrons. The lowest BCUT2D eigenvalue weighted by atomic mass is 10.1. The normalized spacial score (nSPS) is 9.83. The van der Waals surface area contributed by atoms with Crippen molar-refractivity contribution >= 4 is 17.1 Å². The predicted molar refractivity (Wildman–Crippen MR) is 70.0 cm³/mol. The molecule has 0 amide bonds. The Kier molecular flexibility index (Phi) is 3.16. The summed E-state index contributed by atoms with van der Waals surface area (Å²) in [6, 6.07) is 13.4. The zero-order valence-corrected chi connectivity index (χ0v) is 9.89. The van der Waals surface area contributed by atoms with E-state index in [-0.39, 0.29) is 5.82 Å². The first-order valence-electron chi connectivity index (χ1n) is 5.41. The van der Waals surface area contributed by atoms with Crippen LogP contribution >= 0.6 is 0 Å². The monoisotopic (exact) mass is 241 g/mol. The molecule has 0 aliphatic rings. The second kappa shape index (κ2) is 4.76. The van der Waals surface area contributed by atoms with E-state index in [1.165, 1.54) is 12.1 Å². The van der Waals surface area contributed by atoms with Gasteiger partial charge < -0.3 is 10.6 Å². The van der Waals surface area contributed by atoms with Crippen molar-refractivity contribution in [2.75, 3.05) is 17.7 Å². The number of nitrogens with zero attached hydrogens (tertiary/aromatic N) is 2. The van der Waals surface area contributed by atoms with Crippen molar-refractivity contribution in [2.24, 2.45) is 0 Å². The molecule has 3 nitrogen and oxygen atoms in total. The van der Waals surface area contributed by atoms with Gasteiger partial charge in [-0.25, -0.2) is 4.39 Å². The molecular formula is C14H12FN3. The molecule has 18 heavy (non-hydrogen) atoms. The zero-order chi connectivity index (χ0) is 13.1. The van der Waals surface area contributed by atoms with Gasteiger partial charge in [-0.3, -0.25) is 0 Å². The molecule has 4 heteroatoms. The van der Waals surface area contributed by atoms with Crippen LogP contribution in [0.1, 0.15) is 5.56 Å². The Bertz CT molecular complexity index is 599. The quantitative estimate of drug-likeness (QED) is 0.822. The van der Waals surface area contributed by atoms with Crippen molar-refractivity contribution in [1.82, 2.24) is 0 Å². The fourth-order valence-electron chi connectivity index (χ4n) is 1.67. The highest BCUT2D eigenvalue weighted by Crippen LogP contribution is 2.26. The van der Waals surface area contributed by atoms with E-state index < -0.39 is 0 Å². The Balaban J connectivity index is 2.34. The Morgan fingerprint density at radius 3 is 2.28 bits per heavy atom. The van der Waals surface area contributed by atoms with E-state index in [1.54, 1.807) is 30.3 Å². The third-order valence-electron chi connectivity index (χ3n) is 2.76. The van der Waals surface area contributed by atoms with Crippen LogP contribution in [-0.4, -0.2) is 7.05 Å². The third-order valence-corrected chi connectivity index (χ3v) is 2.76. The first-order valence-corrected chi connectivity index (χ1v) is 5.41. The zero-order valence-electron chi connectivity index (χ0n) is 9.89. The highest BCUT2D eigenvalue weighted by atomic mass is 19.1. The van der Waals surface area contributed by atoms with Crippen LogP contribution < -0.4 is 10.6 Å². The average Bonchev–Trinajstić information content (AvgIpc) is 2.38. The van der Waals surface area contributed by atoms with E-state index in [2.05, 4.69) is 0 Å². The number of nitrogen functional groups attached to an aromatic ring is 1. The van der Waals surface area contributed by atoms with Crippen molar-refractivity contribution < 1.29 is 4.39 Å². The summed E-state index contributed by atoms with van der Waals surface area (Å²) in [5, 5.41) is 8.81. The number of nitriles is 1. The molecule has 0 fully saturated rings. The van der Waals surface area contributed by atoms with Crippen molar-refractivity contribution in [2.45, 2.75) is 0 Å². The molecule has 2 rings (SSSR count). The van der Waals surface area contributed by atoms with Gasteiger partial charge in [-0.15, -0.1) is 0 Å². The molecule has 90 valence electrons. The molecule has 0 heterocycles. The molecule has 0 aliphatic heterocycles. The van der Waals surface area contributed by atoms with Crippen LogP contribution in [0.4, 0.5) is 21.5 Å². The summed E-state index contributed by atoms with van der Waals surface area (Å²) in [6.07, 6.45) is 0. The van der Waals surface area contributed by atoms with Gasteiger partial charge in [0, 0.05) is 18.4 Å². The highest BCUT2D eigenvalue weighted by molar-refractivity contribution is 5.69. The number of rotatable bonds is 2. The van der Waals surface area contributed by atoms with Crippen LogP contribution in [0.5, 0.6) is 0 Å². The average molecular weight is 241 g/mol. The largest absolute Gasteiger partial charge is 0.398 e. The highest BCUT2D eigenvalue weighted by Gasteiger charge is 2.06. The van der Waals surface area contributed by atoms with Crippen LogP contribution in [0.15, 0.2) is 42.5 Å². The summed E-state index contributed by atoms with van der Waals surface area (Å²) in [6.45, 7) is 0. The van der Waals surface area contributed by atoms with E-state index in [4.69, 9.17) is 11.0 Å². The van der Waals surface area contributed by atoms with Crippen LogP contribution in [0.2, 0.25) is 0 Å². The van der Waals surface area contributed by atoms with E-state index in [1.807, 2.05) is 18.0 Å². The van der Waals surface area contributed by atoms with Gasteiger partial charge in [0.1, 0.15) is 11.9 Å². The van der Waals surface area contributed by atoms with Gasteiger partial charge in [-0.1, -0.05) is 0 Å². The molecule has 0 saturated heterocycles. The number of anilines is 3. The fraction of sp³-hybridized carbons (Fsp3) is 0.0714. The lowest BCUT2D eigenvalue weighted by Crippen LogP contribution is -2.09. The lowest BCUT2D eigenvalue weighted by molar-refractivity contribution is 0.628. The summed E-state index contributed by atoms with van der Waals surface area (Å²) >= 11 is 0. The molecule has 0 unspecified atom stereocenters. The minimum atomic E-state index is -0.272. The van der Waals surface area contributed by atoms with Crippen molar-refractivity contribution in [1.29, 1.82) is 5.26 Å². The van der Waals surface area contributed by atoms with Gasteiger partial charge in [-0.2, -0.15) is 5.26 Å². The number of benzene rings is 2. The lowest BCUT2D eigenvalue weighted by Gasteiger charge is -2.20. The Labute approximate surface area is 105 Å². The van der Waals surface area contributed by atoms with Gasteiger partial charge in [0.2, 0.25) is 0 Å². The Morgan fingerprint density at radius 2 is 1.72 bits per heavy atom. The van der Waals surface area contributed by atoms with Crippen molar-refractivity contribution in [3.63, 3.8) is 0 Å². The predicted octanol–water partition coefficient (Wildman–Crippen LogP) is 3.05. The van der Waals surface area contributed by atoms with E-state index in [0.29, 0.717) is 11.3 Å². The summed E-state index contributed by atoms with van der Waals surface area (Å²) in [5.41, 5.74) is 8.34. The summed E-state index contributed by atoms with van der Waals surface area (Å²) in [5.74, 6) is -0.272. The Hall–Kier alpha value is -2.54. The molecule has 0 atom stereocenters. The number of hydrogen-bond acceptors (Lipinski definition) is 3. The topological polar surface area (TPSA) is 53.0 Å². The van der Waals surface area contributed by atoms with Gasteiger partial charge in [0.05, 0.1) is 11.3 Å². The molecule has 0 aliphatic carbocycles. The maximum Gasteiger partial charge on any atom is 0.123 e. The summed E-state index contributed by atoms with van der Waals surface area (Å²) in [7, 11) is 1.86. The number of hydrogen-bond donors (Lipinski definition) is 1. The number of nitrogens with two attached hydrogens (primary N) is 1. The second-order valence-corrected chi connectivity index (χ2v) is 3.92. The van der Waals surface area contributed by atoms with Crippen LogP contribution in [0, 0.1) is 17.1 Å². The van der Waals surface area contributed by atoms with Gasteiger partial charge in [0.25, 0.3) is 0 Å². The van der Waals surface area contributed by atoms with E-state index >= 15 is 0 Å². The van der Waals surface area contributed by atoms with Gasteiger partial charge in [-0.05, 0) is 42.5 Å². The maximum atomic E-state index is 12.8. The first kappa shape index (κ1) is 11.9. The first-order chi connectivity index (χ1) is 8.61. The molecule has 2 aromatic carbocycles. The molecule has 2 N–H and O–H groups in total. The smallest absolute Gasteiger partial charge is 0.123 e. The molecular weight excluding hydrogens is 229 g/mol. The number of halogens is 1. The SMILES string of the molecule is CN(c1ccc(F)cc1)c1ccc(C#N)c(N)c1. The fourth-order valence-corrected chi connectivity index (χ4v) is 1.67. The van der Waals surface area contributed by atoms with E-state index in [0.717, 1.165) is 11.4 Å². The van der Waals surface area contributed by atoms with Crippen LogP contribution in [0.3, 0.4) is 0 Å². The molecule has 0 spiro atoms. The van der Waals surface area contributed by atoms with Crippen molar-refractivity contribution in [3.05, 3.63) is 53.8 Å².